The van der Waals surface area contributed by atoms with Crippen LogP contribution >= 0.6 is 11.6 Å². The molecule has 0 bridgehead atoms. The van der Waals surface area contributed by atoms with Gasteiger partial charge in [-0.25, -0.2) is 0 Å². The molecule has 2 heterocycles. The molecule has 0 radical (unpaired) electrons. The summed E-state index contributed by atoms with van der Waals surface area (Å²) in [7, 11) is 0. The fraction of sp³-hybridized carbons (Fsp3) is 0.333. The molecule has 2 aromatic heterocycles. The molecule has 0 saturated carbocycles. The van der Waals surface area contributed by atoms with E-state index < -0.39 is 0 Å². The van der Waals surface area contributed by atoms with Crippen molar-refractivity contribution in [3.63, 3.8) is 0 Å². The molecule has 2 rings (SSSR count). The predicted octanol–water partition coefficient (Wildman–Crippen LogP) is 3.21. The number of ether oxygens (including phenoxy) is 1. The van der Waals surface area contributed by atoms with E-state index in [4.69, 9.17) is 16.3 Å². The second-order valence-electron chi connectivity index (χ2n) is 4.82. The number of hydrogen-bond donors (Lipinski definition) is 1. The molecule has 0 atom stereocenters. The van der Waals surface area contributed by atoms with Gasteiger partial charge in [-0.2, -0.15) is 0 Å². The van der Waals surface area contributed by atoms with Crippen molar-refractivity contribution >= 4 is 11.6 Å². The van der Waals surface area contributed by atoms with Gasteiger partial charge in [0.2, 0.25) is 0 Å². The third-order valence-corrected chi connectivity index (χ3v) is 2.87. The molecule has 4 nitrogen and oxygen atoms in total. The van der Waals surface area contributed by atoms with Gasteiger partial charge in [-0.05, 0) is 11.6 Å². The third kappa shape index (κ3) is 4.79. The van der Waals surface area contributed by atoms with Crippen LogP contribution in [0.15, 0.2) is 36.8 Å². The van der Waals surface area contributed by atoms with Crippen LogP contribution in [0.5, 0.6) is 5.75 Å². The Labute approximate surface area is 124 Å². The summed E-state index contributed by atoms with van der Waals surface area (Å²) in [5, 5.41) is 3.91. The summed E-state index contributed by atoms with van der Waals surface area (Å²) < 4.78 is 5.59. The van der Waals surface area contributed by atoms with E-state index in [-0.39, 0.29) is 0 Å². The number of nitrogens with one attached hydrogen (secondary N) is 1. The first-order valence-corrected chi connectivity index (χ1v) is 6.92. The number of aromatic nitrogens is 2. The normalized spacial score (nSPS) is 10.8. The van der Waals surface area contributed by atoms with Gasteiger partial charge in [-0.3, -0.25) is 9.97 Å². The Morgan fingerprint density at radius 2 is 2.10 bits per heavy atom. The maximum absolute atomic E-state index is 5.84. The van der Waals surface area contributed by atoms with Gasteiger partial charge >= 0.3 is 0 Å². The average molecular weight is 292 g/mol. The van der Waals surface area contributed by atoms with E-state index in [1.807, 2.05) is 12.3 Å². The Kier molecular flexibility index (Phi) is 5.32. The standard InChI is InChI=1S/C15H18ClN3O/c1-11(2)18-6-12-3-4-14(19-7-12)10-20-15-5-13(16)8-17-9-15/h3-5,7-9,11,18H,6,10H2,1-2H3. The van der Waals surface area contributed by atoms with Crippen molar-refractivity contribution in [2.24, 2.45) is 0 Å². The van der Waals surface area contributed by atoms with E-state index in [0.717, 1.165) is 17.8 Å². The summed E-state index contributed by atoms with van der Waals surface area (Å²) in [4.78, 5) is 8.34. The Balaban J connectivity index is 1.87. The van der Waals surface area contributed by atoms with E-state index in [0.29, 0.717) is 23.4 Å². The SMILES string of the molecule is CC(C)NCc1ccc(COc2cncc(Cl)c2)nc1. The zero-order chi connectivity index (χ0) is 14.4. The quantitative estimate of drug-likeness (QED) is 0.888. The van der Waals surface area contributed by atoms with E-state index in [2.05, 4.69) is 35.2 Å². The smallest absolute Gasteiger partial charge is 0.139 e. The maximum Gasteiger partial charge on any atom is 0.139 e. The summed E-state index contributed by atoms with van der Waals surface area (Å²) in [6, 6.07) is 6.22. The van der Waals surface area contributed by atoms with E-state index >= 15 is 0 Å². The summed E-state index contributed by atoms with van der Waals surface area (Å²) >= 11 is 5.84. The Hall–Kier alpha value is -1.65. The Morgan fingerprint density at radius 3 is 2.75 bits per heavy atom. The lowest BCUT2D eigenvalue weighted by molar-refractivity contribution is 0.300. The first-order valence-electron chi connectivity index (χ1n) is 6.54. The van der Waals surface area contributed by atoms with Crippen molar-refractivity contribution in [1.82, 2.24) is 15.3 Å². The Morgan fingerprint density at radius 1 is 1.25 bits per heavy atom. The highest BCUT2D eigenvalue weighted by molar-refractivity contribution is 6.30. The van der Waals surface area contributed by atoms with E-state index in [1.54, 1.807) is 18.5 Å². The van der Waals surface area contributed by atoms with Crippen LogP contribution in [0.3, 0.4) is 0 Å². The van der Waals surface area contributed by atoms with Gasteiger partial charge < -0.3 is 10.1 Å². The maximum atomic E-state index is 5.84. The average Bonchev–Trinajstić information content (AvgIpc) is 2.44. The molecule has 0 fully saturated rings. The van der Waals surface area contributed by atoms with Gasteiger partial charge in [-0.15, -0.1) is 0 Å². The molecule has 0 aliphatic carbocycles. The lowest BCUT2D eigenvalue weighted by atomic mass is 10.2. The highest BCUT2D eigenvalue weighted by Gasteiger charge is 2.00. The molecule has 0 unspecified atom stereocenters. The lowest BCUT2D eigenvalue weighted by Crippen LogP contribution is -2.21. The molecule has 2 aromatic rings. The van der Waals surface area contributed by atoms with Crippen molar-refractivity contribution in [2.75, 3.05) is 0 Å². The molecular weight excluding hydrogens is 274 g/mol. The fourth-order valence-electron chi connectivity index (χ4n) is 1.60. The van der Waals surface area contributed by atoms with Crippen LogP contribution in [-0.2, 0) is 13.2 Å². The zero-order valence-corrected chi connectivity index (χ0v) is 12.4. The highest BCUT2D eigenvalue weighted by atomic mass is 35.5. The zero-order valence-electron chi connectivity index (χ0n) is 11.6. The summed E-state index contributed by atoms with van der Waals surface area (Å²) in [6.45, 7) is 5.47. The van der Waals surface area contributed by atoms with E-state index in [9.17, 15) is 0 Å². The van der Waals surface area contributed by atoms with Crippen molar-refractivity contribution in [2.45, 2.75) is 33.0 Å². The molecule has 20 heavy (non-hydrogen) atoms. The molecule has 0 aromatic carbocycles. The third-order valence-electron chi connectivity index (χ3n) is 2.67. The Bertz CT molecular complexity index is 543. The van der Waals surface area contributed by atoms with Crippen LogP contribution in [0, 0.1) is 0 Å². The van der Waals surface area contributed by atoms with Gasteiger partial charge in [-0.1, -0.05) is 31.5 Å². The fourth-order valence-corrected chi connectivity index (χ4v) is 1.76. The monoisotopic (exact) mass is 291 g/mol. The van der Waals surface area contributed by atoms with Gasteiger partial charge in [0.15, 0.2) is 0 Å². The lowest BCUT2D eigenvalue weighted by Gasteiger charge is -2.09. The number of nitrogens with zero attached hydrogens (tertiary/aromatic N) is 2. The van der Waals surface area contributed by atoms with E-state index in [1.165, 1.54) is 0 Å². The molecule has 106 valence electrons. The molecule has 5 heteroatoms. The van der Waals surface area contributed by atoms with Crippen molar-refractivity contribution in [3.05, 3.63) is 53.1 Å². The largest absolute Gasteiger partial charge is 0.486 e. The molecule has 0 aliphatic rings. The first-order chi connectivity index (χ1) is 9.63. The number of halogens is 1. The number of hydrogen-bond acceptors (Lipinski definition) is 4. The summed E-state index contributed by atoms with van der Waals surface area (Å²) in [6.07, 6.45) is 5.07. The second-order valence-corrected chi connectivity index (χ2v) is 5.26. The van der Waals surface area contributed by atoms with Crippen LogP contribution in [0.4, 0.5) is 0 Å². The van der Waals surface area contributed by atoms with Gasteiger partial charge in [0.05, 0.1) is 16.9 Å². The topological polar surface area (TPSA) is 47.0 Å². The van der Waals surface area contributed by atoms with Gasteiger partial charge in [0.1, 0.15) is 12.4 Å². The summed E-state index contributed by atoms with van der Waals surface area (Å²) in [5.74, 6) is 0.643. The minimum atomic E-state index is 0.403. The minimum absolute atomic E-state index is 0.403. The molecule has 1 N–H and O–H groups in total. The molecular formula is C15H18ClN3O. The van der Waals surface area contributed by atoms with Gasteiger partial charge in [0, 0.05) is 31.0 Å². The van der Waals surface area contributed by atoms with Gasteiger partial charge in [0.25, 0.3) is 0 Å². The molecule has 0 amide bonds. The summed E-state index contributed by atoms with van der Waals surface area (Å²) in [5.41, 5.74) is 2.03. The van der Waals surface area contributed by atoms with Crippen molar-refractivity contribution < 1.29 is 4.74 Å². The first kappa shape index (κ1) is 14.8. The van der Waals surface area contributed by atoms with Crippen LogP contribution < -0.4 is 10.1 Å². The molecule has 0 saturated heterocycles. The molecule has 0 spiro atoms. The van der Waals surface area contributed by atoms with Crippen molar-refractivity contribution in [1.29, 1.82) is 0 Å². The highest BCUT2D eigenvalue weighted by Crippen LogP contribution is 2.16. The van der Waals surface area contributed by atoms with Crippen LogP contribution in [0.2, 0.25) is 5.02 Å². The van der Waals surface area contributed by atoms with Crippen LogP contribution in [0.1, 0.15) is 25.1 Å². The molecule has 0 aliphatic heterocycles. The number of pyridine rings is 2. The van der Waals surface area contributed by atoms with Crippen LogP contribution in [-0.4, -0.2) is 16.0 Å². The van der Waals surface area contributed by atoms with Crippen LogP contribution in [0.25, 0.3) is 0 Å². The minimum Gasteiger partial charge on any atom is -0.486 e. The second kappa shape index (κ2) is 7.22. The number of rotatable bonds is 6. The van der Waals surface area contributed by atoms with Crippen molar-refractivity contribution in [3.8, 4) is 5.75 Å². The predicted molar refractivity (Wildman–Crippen MR) is 79.8 cm³/mol.